The molecule has 2 N–H and O–H groups in total. The molecule has 0 heterocycles. The lowest BCUT2D eigenvalue weighted by Gasteiger charge is -2.19. The number of hydrogen-bond donors (Lipinski definition) is 2. The normalized spacial score (nSPS) is 21.1. The molecule has 1 unspecified atom stereocenters. The zero-order valence-electron chi connectivity index (χ0n) is 18.2. The van der Waals surface area contributed by atoms with Gasteiger partial charge in [-0.25, -0.2) is 0 Å². The van der Waals surface area contributed by atoms with Gasteiger partial charge in [0.2, 0.25) is 0 Å². The molecule has 1 aromatic rings. The van der Waals surface area contributed by atoms with Crippen molar-refractivity contribution in [3.63, 3.8) is 0 Å². The number of ether oxygens (including phenoxy) is 1. The van der Waals surface area contributed by atoms with Crippen LogP contribution < -0.4 is 0 Å². The van der Waals surface area contributed by atoms with Crippen molar-refractivity contribution in [2.45, 2.75) is 58.0 Å². The Bertz CT molecular complexity index is 745. The number of methoxy groups -OCH3 is 1. The molecule has 30 heavy (non-hydrogen) atoms. The molecule has 0 radical (unpaired) electrons. The third kappa shape index (κ3) is 7.17. The summed E-state index contributed by atoms with van der Waals surface area (Å²) in [6, 6.07) is 5.39. The molecule has 1 aliphatic rings. The Morgan fingerprint density at radius 2 is 2.13 bits per heavy atom. The van der Waals surface area contributed by atoms with Crippen LogP contribution in [-0.4, -0.2) is 46.7 Å². The van der Waals surface area contributed by atoms with E-state index in [4.69, 9.17) is 0 Å². The molecule has 0 aromatic heterocycles. The van der Waals surface area contributed by atoms with Crippen LogP contribution in [-0.2, 0) is 14.3 Å². The van der Waals surface area contributed by atoms with E-state index in [0.29, 0.717) is 18.6 Å². The first-order valence-corrected chi connectivity index (χ1v) is 11.8. The molecule has 0 bridgehead atoms. The van der Waals surface area contributed by atoms with Gasteiger partial charge in [-0.05, 0) is 60.8 Å². The average molecular weight is 435 g/mol. The molecule has 0 amide bonds. The topological polar surface area (TPSA) is 83.8 Å². The number of allylic oxidation sites excluding steroid dienone is 1. The summed E-state index contributed by atoms with van der Waals surface area (Å²) in [4.78, 5) is 23.4. The van der Waals surface area contributed by atoms with E-state index in [1.165, 1.54) is 7.11 Å². The van der Waals surface area contributed by atoms with Crippen molar-refractivity contribution in [2.75, 3.05) is 18.6 Å². The number of aromatic hydroxyl groups is 1. The fraction of sp³-hybridized carbons (Fsp3) is 0.583. The van der Waals surface area contributed by atoms with E-state index in [1.807, 2.05) is 38.1 Å². The standard InChI is InChI=1S/C24H34O5S/c1-16-15-19(8-9-21(16)25)17(2)22(26)10-6-18-7-11-23(27)20(18)12-14-30-13-4-5-24(28)29-3/h6,8-10,15,17-18,20,22,25-26H,4-5,7,11-14H2,1-3H3/b10-6+/t17?,18-,20+,22+/m0/s1. The van der Waals surface area contributed by atoms with E-state index in [1.54, 1.807) is 17.8 Å². The lowest BCUT2D eigenvalue weighted by atomic mass is 9.89. The predicted octanol–water partition coefficient (Wildman–Crippen LogP) is 4.39. The van der Waals surface area contributed by atoms with Crippen LogP contribution in [0.5, 0.6) is 5.75 Å². The lowest BCUT2D eigenvalue weighted by molar-refractivity contribution is -0.140. The van der Waals surface area contributed by atoms with Crippen molar-refractivity contribution in [3.05, 3.63) is 41.5 Å². The van der Waals surface area contributed by atoms with Crippen molar-refractivity contribution in [3.8, 4) is 5.75 Å². The fourth-order valence-corrected chi connectivity index (χ4v) is 4.83. The first-order chi connectivity index (χ1) is 14.3. The summed E-state index contributed by atoms with van der Waals surface area (Å²) in [5.41, 5.74) is 1.77. The maximum atomic E-state index is 12.3. The molecule has 0 saturated heterocycles. The number of phenols is 1. The van der Waals surface area contributed by atoms with E-state index < -0.39 is 6.10 Å². The second-order valence-electron chi connectivity index (χ2n) is 8.07. The van der Waals surface area contributed by atoms with Gasteiger partial charge in [-0.1, -0.05) is 31.2 Å². The maximum Gasteiger partial charge on any atom is 0.305 e. The average Bonchev–Trinajstić information content (AvgIpc) is 3.09. The number of aryl methyl sites for hydroxylation is 1. The van der Waals surface area contributed by atoms with Crippen molar-refractivity contribution in [1.82, 2.24) is 0 Å². The van der Waals surface area contributed by atoms with Crippen molar-refractivity contribution in [1.29, 1.82) is 0 Å². The summed E-state index contributed by atoms with van der Waals surface area (Å²) in [6.45, 7) is 3.80. The Morgan fingerprint density at radius 3 is 2.83 bits per heavy atom. The Hall–Kier alpha value is -1.79. The number of carbonyl (C=O) groups is 2. The maximum absolute atomic E-state index is 12.3. The fourth-order valence-electron chi connectivity index (χ4n) is 3.85. The largest absolute Gasteiger partial charge is 0.508 e. The Kier molecular flexibility index (Phi) is 9.92. The van der Waals surface area contributed by atoms with Crippen LogP contribution >= 0.6 is 11.8 Å². The molecule has 1 fully saturated rings. The van der Waals surface area contributed by atoms with Crippen LogP contribution in [0.3, 0.4) is 0 Å². The first kappa shape index (κ1) is 24.5. The van der Waals surface area contributed by atoms with Crippen LogP contribution in [0.2, 0.25) is 0 Å². The van der Waals surface area contributed by atoms with Crippen LogP contribution in [0.25, 0.3) is 0 Å². The summed E-state index contributed by atoms with van der Waals surface area (Å²) in [7, 11) is 1.40. The van der Waals surface area contributed by atoms with Gasteiger partial charge in [0, 0.05) is 24.7 Å². The SMILES string of the molecule is COC(=O)CCCSCC[C@H]1C(=O)CC[C@@H]1/C=C/[C@@H](O)C(C)c1ccc(O)c(C)c1. The number of carbonyl (C=O) groups excluding carboxylic acids is 2. The van der Waals surface area contributed by atoms with E-state index in [9.17, 15) is 19.8 Å². The zero-order valence-corrected chi connectivity index (χ0v) is 19.0. The molecule has 1 saturated carbocycles. The highest BCUT2D eigenvalue weighted by molar-refractivity contribution is 7.99. The third-order valence-electron chi connectivity index (χ3n) is 5.94. The molecule has 2 rings (SSSR count). The van der Waals surface area contributed by atoms with E-state index in [0.717, 1.165) is 41.9 Å². The smallest absolute Gasteiger partial charge is 0.305 e. The summed E-state index contributed by atoms with van der Waals surface area (Å²) >= 11 is 1.77. The van der Waals surface area contributed by atoms with Crippen molar-refractivity contribution in [2.24, 2.45) is 11.8 Å². The second kappa shape index (κ2) is 12.2. The lowest BCUT2D eigenvalue weighted by Crippen LogP contribution is -2.17. The summed E-state index contributed by atoms with van der Waals surface area (Å²) in [5, 5.41) is 20.3. The molecule has 4 atom stereocenters. The van der Waals surface area contributed by atoms with Gasteiger partial charge >= 0.3 is 5.97 Å². The Labute approximate surface area is 183 Å². The van der Waals surface area contributed by atoms with E-state index in [2.05, 4.69) is 4.74 Å². The number of benzene rings is 1. The van der Waals surface area contributed by atoms with Crippen LogP contribution in [0.15, 0.2) is 30.4 Å². The van der Waals surface area contributed by atoms with Crippen LogP contribution in [0.1, 0.15) is 56.1 Å². The number of aliphatic hydroxyl groups is 1. The van der Waals surface area contributed by atoms with Gasteiger partial charge in [0.15, 0.2) is 0 Å². The van der Waals surface area contributed by atoms with Gasteiger partial charge in [0.25, 0.3) is 0 Å². The van der Waals surface area contributed by atoms with E-state index in [-0.39, 0.29) is 29.5 Å². The number of thioether (sulfide) groups is 1. The van der Waals surface area contributed by atoms with Crippen molar-refractivity contribution >= 4 is 23.5 Å². The highest BCUT2D eigenvalue weighted by Gasteiger charge is 2.32. The molecule has 1 aliphatic carbocycles. The number of Topliss-reactive ketones (excluding diaryl/α,β-unsaturated/α-hetero) is 1. The predicted molar refractivity (Wildman–Crippen MR) is 121 cm³/mol. The summed E-state index contributed by atoms with van der Waals surface area (Å²) in [6.07, 6.45) is 6.71. The molecule has 5 nitrogen and oxygen atoms in total. The highest BCUT2D eigenvalue weighted by Crippen LogP contribution is 2.34. The van der Waals surface area contributed by atoms with Gasteiger partial charge in [-0.2, -0.15) is 11.8 Å². The number of hydrogen-bond acceptors (Lipinski definition) is 6. The summed E-state index contributed by atoms with van der Waals surface area (Å²) in [5.74, 6) is 2.28. The van der Waals surface area contributed by atoms with Gasteiger partial charge in [-0.3, -0.25) is 9.59 Å². The minimum Gasteiger partial charge on any atom is -0.508 e. The second-order valence-corrected chi connectivity index (χ2v) is 9.29. The zero-order chi connectivity index (χ0) is 22.1. The van der Waals surface area contributed by atoms with Gasteiger partial charge < -0.3 is 14.9 Å². The summed E-state index contributed by atoms with van der Waals surface area (Å²) < 4.78 is 4.64. The number of aliphatic hydroxyl groups excluding tert-OH is 1. The quantitative estimate of drug-likeness (QED) is 0.305. The number of esters is 1. The first-order valence-electron chi connectivity index (χ1n) is 10.7. The number of ketones is 1. The monoisotopic (exact) mass is 434 g/mol. The Balaban J connectivity index is 1.83. The molecule has 0 spiro atoms. The molecule has 0 aliphatic heterocycles. The van der Waals surface area contributed by atoms with Gasteiger partial charge in [0.1, 0.15) is 11.5 Å². The molecule has 1 aromatic carbocycles. The minimum atomic E-state index is -0.641. The molecule has 6 heteroatoms. The molecular weight excluding hydrogens is 400 g/mol. The minimum absolute atomic E-state index is 0.0211. The number of phenolic OH excluding ortho intramolecular Hbond substituents is 1. The van der Waals surface area contributed by atoms with Gasteiger partial charge in [-0.15, -0.1) is 0 Å². The van der Waals surface area contributed by atoms with E-state index >= 15 is 0 Å². The van der Waals surface area contributed by atoms with Crippen LogP contribution in [0, 0.1) is 18.8 Å². The molecular formula is C24H34O5S. The van der Waals surface area contributed by atoms with Crippen molar-refractivity contribution < 1.29 is 24.5 Å². The molecule has 166 valence electrons. The highest BCUT2D eigenvalue weighted by atomic mass is 32.2. The van der Waals surface area contributed by atoms with Crippen LogP contribution in [0.4, 0.5) is 0 Å². The number of rotatable bonds is 11. The Morgan fingerprint density at radius 1 is 1.37 bits per heavy atom. The van der Waals surface area contributed by atoms with Gasteiger partial charge in [0.05, 0.1) is 13.2 Å². The third-order valence-corrected chi connectivity index (χ3v) is 7.04.